The number of rotatable bonds is 0. The minimum atomic E-state index is -0.282. The molecule has 6 fully saturated rings. The molecule has 6 rings (SSSR count). The normalized spacial score (nSPS) is 62.5. The lowest BCUT2D eigenvalue weighted by Crippen LogP contribution is -2.55. The van der Waals surface area contributed by atoms with E-state index in [0.29, 0.717) is 34.7 Å². The van der Waals surface area contributed by atoms with Gasteiger partial charge in [-0.1, -0.05) is 27.7 Å². The standard InChI is InChI=1S/C27H44O3/c1-16-7-12-27(29-15-16)17(2)24-23(30-27)14-22-20-6-5-18-13-19(28)8-10-25(18,3)21(20)9-11-26(22,24)4/h16-24,28H,5-15H2,1-4H3/t16-,17+,18+,19+,20-,21-,22+,23+,24-,25+,26+,27-/m1/s1. The average Bonchev–Trinajstić information content (AvgIpc) is 3.16. The topological polar surface area (TPSA) is 38.7 Å². The Morgan fingerprint density at radius 3 is 2.40 bits per heavy atom. The van der Waals surface area contributed by atoms with Gasteiger partial charge in [0.1, 0.15) is 0 Å². The van der Waals surface area contributed by atoms with Gasteiger partial charge in [0, 0.05) is 12.3 Å². The molecule has 0 radical (unpaired) electrons. The van der Waals surface area contributed by atoms with E-state index >= 15 is 0 Å². The molecule has 2 aliphatic heterocycles. The van der Waals surface area contributed by atoms with Crippen molar-refractivity contribution in [2.24, 2.45) is 52.3 Å². The third-order valence-corrected chi connectivity index (χ3v) is 11.9. The molecule has 30 heavy (non-hydrogen) atoms. The highest BCUT2D eigenvalue weighted by Gasteiger charge is 2.69. The SMILES string of the molecule is C[C@@H]1CC[C@@]2(OC1)O[C@H]1C[C@H]3[C@@H]4CC[C@H]5C[C@@H](O)CC[C@]5(C)[C@@H]4CC[C@]3(C)[C@@H]1[C@@H]2C. The maximum atomic E-state index is 10.3. The minimum absolute atomic E-state index is 0.0389. The van der Waals surface area contributed by atoms with E-state index in [-0.39, 0.29) is 11.9 Å². The molecule has 4 saturated carbocycles. The van der Waals surface area contributed by atoms with Crippen molar-refractivity contribution in [2.75, 3.05) is 6.61 Å². The summed E-state index contributed by atoms with van der Waals surface area (Å²) < 4.78 is 13.4. The van der Waals surface area contributed by atoms with Gasteiger partial charge in [0.05, 0.1) is 18.8 Å². The van der Waals surface area contributed by atoms with Crippen molar-refractivity contribution < 1.29 is 14.6 Å². The fourth-order valence-electron chi connectivity index (χ4n) is 10.3. The van der Waals surface area contributed by atoms with E-state index in [2.05, 4.69) is 27.7 Å². The van der Waals surface area contributed by atoms with Gasteiger partial charge in [-0.2, -0.15) is 0 Å². The highest BCUT2D eigenvalue weighted by Crippen LogP contribution is 2.71. The molecule has 0 aromatic heterocycles. The summed E-state index contributed by atoms with van der Waals surface area (Å²) >= 11 is 0. The molecule has 0 bridgehead atoms. The van der Waals surface area contributed by atoms with E-state index in [9.17, 15) is 5.11 Å². The van der Waals surface area contributed by atoms with Gasteiger partial charge >= 0.3 is 0 Å². The first-order valence-corrected chi connectivity index (χ1v) is 13.3. The van der Waals surface area contributed by atoms with Crippen LogP contribution in [0.3, 0.4) is 0 Å². The molecule has 1 spiro atoms. The zero-order chi connectivity index (χ0) is 20.9. The fourth-order valence-corrected chi connectivity index (χ4v) is 10.3. The number of hydrogen-bond donors (Lipinski definition) is 1. The summed E-state index contributed by atoms with van der Waals surface area (Å²) in [4.78, 5) is 0. The summed E-state index contributed by atoms with van der Waals surface area (Å²) in [7, 11) is 0. The lowest BCUT2D eigenvalue weighted by molar-refractivity contribution is -0.273. The van der Waals surface area contributed by atoms with Gasteiger partial charge in [-0.15, -0.1) is 0 Å². The maximum absolute atomic E-state index is 10.3. The van der Waals surface area contributed by atoms with E-state index in [1.165, 1.54) is 44.9 Å². The van der Waals surface area contributed by atoms with E-state index in [1.54, 1.807) is 0 Å². The van der Waals surface area contributed by atoms with Crippen LogP contribution in [0.15, 0.2) is 0 Å². The molecule has 3 nitrogen and oxygen atoms in total. The van der Waals surface area contributed by atoms with Crippen LogP contribution in [0.2, 0.25) is 0 Å². The second-order valence-corrected chi connectivity index (χ2v) is 13.1. The van der Waals surface area contributed by atoms with Crippen molar-refractivity contribution in [3.63, 3.8) is 0 Å². The zero-order valence-electron chi connectivity index (χ0n) is 19.7. The molecule has 0 aromatic carbocycles. The Morgan fingerprint density at radius 1 is 0.833 bits per heavy atom. The monoisotopic (exact) mass is 416 g/mol. The summed E-state index contributed by atoms with van der Waals surface area (Å²) in [5, 5.41) is 10.3. The Balaban J connectivity index is 1.26. The molecule has 1 N–H and O–H groups in total. The second-order valence-electron chi connectivity index (χ2n) is 13.1. The van der Waals surface area contributed by atoms with Crippen LogP contribution in [0, 0.1) is 52.3 Å². The van der Waals surface area contributed by atoms with E-state index < -0.39 is 0 Å². The molecule has 2 heterocycles. The molecule has 12 atom stereocenters. The van der Waals surface area contributed by atoms with Crippen molar-refractivity contribution >= 4 is 0 Å². The largest absolute Gasteiger partial charge is 0.393 e. The Bertz CT molecular complexity index is 684. The Hall–Kier alpha value is -0.120. The second kappa shape index (κ2) is 6.70. The lowest BCUT2D eigenvalue weighted by Gasteiger charge is -2.61. The van der Waals surface area contributed by atoms with Crippen molar-refractivity contribution in [3.8, 4) is 0 Å². The highest BCUT2D eigenvalue weighted by molar-refractivity contribution is 5.15. The molecule has 3 heteroatoms. The molecule has 0 amide bonds. The van der Waals surface area contributed by atoms with Crippen LogP contribution in [0.1, 0.15) is 91.9 Å². The average molecular weight is 417 g/mol. The van der Waals surface area contributed by atoms with Gasteiger partial charge in [-0.3, -0.25) is 0 Å². The summed E-state index contributed by atoms with van der Waals surface area (Å²) in [6.07, 6.45) is 12.9. The molecule has 0 aromatic rings. The zero-order valence-corrected chi connectivity index (χ0v) is 19.7. The number of aliphatic hydroxyl groups excluding tert-OH is 1. The summed E-state index contributed by atoms with van der Waals surface area (Å²) in [5.74, 6) is 4.93. The highest BCUT2D eigenvalue weighted by atomic mass is 16.7. The van der Waals surface area contributed by atoms with Gasteiger partial charge in [0.2, 0.25) is 0 Å². The van der Waals surface area contributed by atoms with E-state index in [4.69, 9.17) is 9.47 Å². The number of aliphatic hydroxyl groups is 1. The van der Waals surface area contributed by atoms with Crippen LogP contribution < -0.4 is 0 Å². The smallest absolute Gasteiger partial charge is 0.171 e. The van der Waals surface area contributed by atoms with E-state index in [0.717, 1.165) is 49.5 Å². The van der Waals surface area contributed by atoms with Crippen LogP contribution >= 0.6 is 0 Å². The van der Waals surface area contributed by atoms with E-state index in [1.807, 2.05) is 0 Å². The van der Waals surface area contributed by atoms with Crippen LogP contribution in [0.4, 0.5) is 0 Å². The maximum Gasteiger partial charge on any atom is 0.171 e. The number of ether oxygens (including phenoxy) is 2. The number of fused-ring (bicyclic) bond motifs is 7. The molecule has 0 unspecified atom stereocenters. The van der Waals surface area contributed by atoms with Crippen LogP contribution in [-0.2, 0) is 9.47 Å². The molecular weight excluding hydrogens is 372 g/mol. The minimum Gasteiger partial charge on any atom is -0.393 e. The van der Waals surface area contributed by atoms with Gasteiger partial charge in [-0.05, 0) is 104 Å². The van der Waals surface area contributed by atoms with Crippen LogP contribution in [-0.4, -0.2) is 29.7 Å². The van der Waals surface area contributed by atoms with Crippen molar-refractivity contribution in [2.45, 2.75) is 110 Å². The predicted molar refractivity (Wildman–Crippen MR) is 118 cm³/mol. The molecule has 6 aliphatic rings. The van der Waals surface area contributed by atoms with Crippen molar-refractivity contribution in [3.05, 3.63) is 0 Å². The first-order valence-electron chi connectivity index (χ1n) is 13.3. The summed E-state index contributed by atoms with van der Waals surface area (Å²) in [6.45, 7) is 10.9. The number of hydrogen-bond acceptors (Lipinski definition) is 3. The summed E-state index contributed by atoms with van der Waals surface area (Å²) in [6, 6.07) is 0. The first kappa shape index (κ1) is 20.5. The van der Waals surface area contributed by atoms with Gasteiger partial charge in [0.15, 0.2) is 5.79 Å². The Kier molecular flexibility index (Phi) is 4.58. The Labute approximate surface area is 183 Å². The molecule has 4 aliphatic carbocycles. The first-order chi connectivity index (χ1) is 14.3. The Morgan fingerprint density at radius 2 is 1.63 bits per heavy atom. The van der Waals surface area contributed by atoms with Crippen molar-refractivity contribution in [1.29, 1.82) is 0 Å². The van der Waals surface area contributed by atoms with Crippen LogP contribution in [0.5, 0.6) is 0 Å². The van der Waals surface area contributed by atoms with Gasteiger partial charge in [0.25, 0.3) is 0 Å². The molecular formula is C27H44O3. The van der Waals surface area contributed by atoms with Gasteiger partial charge in [-0.25, -0.2) is 0 Å². The quantitative estimate of drug-likeness (QED) is 0.543. The predicted octanol–water partition coefficient (Wildman–Crippen LogP) is 5.79. The fraction of sp³-hybridized carbons (Fsp3) is 1.00. The van der Waals surface area contributed by atoms with Crippen molar-refractivity contribution in [1.82, 2.24) is 0 Å². The molecule has 2 saturated heterocycles. The van der Waals surface area contributed by atoms with Gasteiger partial charge < -0.3 is 14.6 Å². The third-order valence-electron chi connectivity index (χ3n) is 11.9. The van der Waals surface area contributed by atoms with Crippen LogP contribution in [0.25, 0.3) is 0 Å². The lowest BCUT2D eigenvalue weighted by atomic mass is 9.44. The molecule has 170 valence electrons. The summed E-state index contributed by atoms with van der Waals surface area (Å²) in [5.41, 5.74) is 0.899. The third kappa shape index (κ3) is 2.61.